The number of morpholine rings is 1. The van der Waals surface area contributed by atoms with Crippen LogP contribution < -0.4 is 4.74 Å². The van der Waals surface area contributed by atoms with Crippen molar-refractivity contribution < 1.29 is 9.47 Å². The molecule has 3 aromatic rings. The smallest absolute Gasteiger partial charge is 0.119 e. The highest BCUT2D eigenvalue weighted by molar-refractivity contribution is 5.29. The SMILES string of the molecule is CCn1cc(CN2CCO[C@@H](c3cc(CCOc4ccc(C(C)C)cc4)[nH]n3)C2)c(C)n1. The Balaban J connectivity index is 1.28. The minimum Gasteiger partial charge on any atom is -0.493 e. The molecule has 1 aromatic carbocycles. The highest BCUT2D eigenvalue weighted by Gasteiger charge is 2.25. The van der Waals surface area contributed by atoms with Gasteiger partial charge in [-0.1, -0.05) is 26.0 Å². The lowest BCUT2D eigenvalue weighted by atomic mass is 10.0. The minimum absolute atomic E-state index is 0.0141. The number of benzene rings is 1. The van der Waals surface area contributed by atoms with Crippen LogP contribution in [0.1, 0.15) is 61.0 Å². The molecule has 0 bridgehead atoms. The van der Waals surface area contributed by atoms with Gasteiger partial charge >= 0.3 is 0 Å². The van der Waals surface area contributed by atoms with E-state index in [0.717, 1.165) is 55.4 Å². The third kappa shape index (κ3) is 5.58. The van der Waals surface area contributed by atoms with E-state index in [9.17, 15) is 0 Å². The molecule has 3 heterocycles. The van der Waals surface area contributed by atoms with Crippen molar-refractivity contribution in [2.45, 2.75) is 59.2 Å². The summed E-state index contributed by atoms with van der Waals surface area (Å²) in [5.41, 5.74) is 5.75. The van der Waals surface area contributed by atoms with Crippen LogP contribution in [-0.2, 0) is 24.2 Å². The molecule has 0 saturated carbocycles. The second kappa shape index (κ2) is 10.3. The Hall–Kier alpha value is -2.64. The van der Waals surface area contributed by atoms with Crippen LogP contribution in [0, 0.1) is 6.92 Å². The molecular weight excluding hydrogens is 402 g/mol. The van der Waals surface area contributed by atoms with E-state index in [1.54, 1.807) is 0 Å². The van der Waals surface area contributed by atoms with E-state index in [1.807, 2.05) is 16.8 Å². The van der Waals surface area contributed by atoms with E-state index >= 15 is 0 Å². The molecule has 0 aliphatic carbocycles. The molecule has 32 heavy (non-hydrogen) atoms. The maximum atomic E-state index is 6.03. The van der Waals surface area contributed by atoms with Gasteiger partial charge < -0.3 is 9.47 Å². The van der Waals surface area contributed by atoms with Gasteiger partial charge in [0.1, 0.15) is 11.9 Å². The summed E-state index contributed by atoms with van der Waals surface area (Å²) >= 11 is 0. The molecule has 2 aromatic heterocycles. The van der Waals surface area contributed by atoms with Crippen LogP contribution in [0.2, 0.25) is 0 Å². The molecule has 0 unspecified atom stereocenters. The van der Waals surface area contributed by atoms with Crippen LogP contribution in [-0.4, -0.2) is 51.2 Å². The first-order valence-corrected chi connectivity index (χ1v) is 11.7. The first-order valence-electron chi connectivity index (χ1n) is 11.7. The summed E-state index contributed by atoms with van der Waals surface area (Å²) in [6.07, 6.45) is 2.92. The Morgan fingerprint density at radius 1 is 1.25 bits per heavy atom. The average Bonchev–Trinajstić information content (AvgIpc) is 3.41. The Morgan fingerprint density at radius 3 is 2.78 bits per heavy atom. The minimum atomic E-state index is -0.0141. The predicted octanol–water partition coefficient (Wildman–Crippen LogP) is 4.25. The largest absolute Gasteiger partial charge is 0.493 e. The molecule has 4 rings (SSSR count). The van der Waals surface area contributed by atoms with Crippen LogP contribution in [0.15, 0.2) is 36.5 Å². The molecule has 7 heteroatoms. The van der Waals surface area contributed by atoms with Crippen molar-refractivity contribution in [1.29, 1.82) is 0 Å². The number of H-pyrrole nitrogens is 1. The number of hydrogen-bond acceptors (Lipinski definition) is 5. The average molecular weight is 438 g/mol. The van der Waals surface area contributed by atoms with Crippen molar-refractivity contribution in [3.63, 3.8) is 0 Å². The van der Waals surface area contributed by atoms with Crippen molar-refractivity contribution in [2.24, 2.45) is 0 Å². The fourth-order valence-corrected chi connectivity index (χ4v) is 4.04. The fourth-order valence-electron chi connectivity index (χ4n) is 4.04. The molecule has 0 amide bonds. The third-order valence-electron chi connectivity index (χ3n) is 6.08. The van der Waals surface area contributed by atoms with Gasteiger partial charge in [0, 0.05) is 50.1 Å². The zero-order valence-electron chi connectivity index (χ0n) is 19.7. The summed E-state index contributed by atoms with van der Waals surface area (Å²) in [6, 6.07) is 10.5. The van der Waals surface area contributed by atoms with Crippen LogP contribution in [0.4, 0.5) is 0 Å². The molecule has 172 valence electrons. The molecule has 0 spiro atoms. The number of nitrogens with zero attached hydrogens (tertiary/aromatic N) is 4. The summed E-state index contributed by atoms with van der Waals surface area (Å²) in [5.74, 6) is 1.44. The van der Waals surface area contributed by atoms with E-state index < -0.39 is 0 Å². The molecule has 1 fully saturated rings. The predicted molar refractivity (Wildman–Crippen MR) is 125 cm³/mol. The van der Waals surface area contributed by atoms with Crippen molar-refractivity contribution in [3.05, 3.63) is 64.7 Å². The van der Waals surface area contributed by atoms with Crippen LogP contribution in [0.5, 0.6) is 5.75 Å². The van der Waals surface area contributed by atoms with E-state index in [0.29, 0.717) is 19.1 Å². The summed E-state index contributed by atoms with van der Waals surface area (Å²) in [5, 5.41) is 12.2. The Bertz CT molecular complexity index is 992. The van der Waals surface area contributed by atoms with Gasteiger partial charge in [-0.3, -0.25) is 14.7 Å². The van der Waals surface area contributed by atoms with Gasteiger partial charge in [0.2, 0.25) is 0 Å². The van der Waals surface area contributed by atoms with Gasteiger partial charge in [0.05, 0.1) is 24.6 Å². The second-order valence-electron chi connectivity index (χ2n) is 8.83. The molecule has 7 nitrogen and oxygen atoms in total. The van der Waals surface area contributed by atoms with Gasteiger partial charge in [-0.15, -0.1) is 0 Å². The number of nitrogens with one attached hydrogen (secondary N) is 1. The molecule has 1 atom stereocenters. The molecule has 0 radical (unpaired) electrons. The first-order chi connectivity index (χ1) is 15.5. The summed E-state index contributed by atoms with van der Waals surface area (Å²) in [4.78, 5) is 2.43. The lowest BCUT2D eigenvalue weighted by Crippen LogP contribution is -2.38. The normalized spacial score (nSPS) is 17.2. The first kappa shape index (κ1) is 22.6. The van der Waals surface area contributed by atoms with Crippen LogP contribution in [0.3, 0.4) is 0 Å². The van der Waals surface area contributed by atoms with Gasteiger partial charge in [-0.2, -0.15) is 10.2 Å². The highest BCUT2D eigenvalue weighted by Crippen LogP contribution is 2.23. The topological polar surface area (TPSA) is 68.2 Å². The maximum absolute atomic E-state index is 6.03. The number of aryl methyl sites for hydroxylation is 2. The van der Waals surface area contributed by atoms with E-state index in [4.69, 9.17) is 9.47 Å². The third-order valence-corrected chi connectivity index (χ3v) is 6.08. The van der Waals surface area contributed by atoms with Crippen molar-refractivity contribution in [3.8, 4) is 5.75 Å². The Morgan fingerprint density at radius 2 is 2.06 bits per heavy atom. The van der Waals surface area contributed by atoms with E-state index in [1.165, 1.54) is 11.1 Å². The molecule has 1 aliphatic heterocycles. The zero-order chi connectivity index (χ0) is 22.5. The summed E-state index contributed by atoms with van der Waals surface area (Å²) < 4.78 is 13.9. The van der Waals surface area contributed by atoms with Crippen molar-refractivity contribution in [1.82, 2.24) is 24.9 Å². The van der Waals surface area contributed by atoms with Crippen LogP contribution in [0.25, 0.3) is 0 Å². The zero-order valence-corrected chi connectivity index (χ0v) is 19.7. The lowest BCUT2D eigenvalue weighted by molar-refractivity contribution is -0.0350. The monoisotopic (exact) mass is 437 g/mol. The number of ether oxygens (including phenoxy) is 2. The van der Waals surface area contributed by atoms with E-state index in [2.05, 4.69) is 72.3 Å². The maximum Gasteiger partial charge on any atom is 0.119 e. The Kier molecular flexibility index (Phi) is 7.27. The Labute approximate surface area is 190 Å². The highest BCUT2D eigenvalue weighted by atomic mass is 16.5. The van der Waals surface area contributed by atoms with Gasteiger partial charge in [0.15, 0.2) is 0 Å². The second-order valence-corrected chi connectivity index (χ2v) is 8.83. The van der Waals surface area contributed by atoms with Gasteiger partial charge in [-0.25, -0.2) is 0 Å². The van der Waals surface area contributed by atoms with Gasteiger partial charge in [-0.05, 0) is 43.5 Å². The van der Waals surface area contributed by atoms with E-state index in [-0.39, 0.29) is 6.10 Å². The summed E-state index contributed by atoms with van der Waals surface area (Å²) in [6.45, 7) is 13.5. The van der Waals surface area contributed by atoms with Crippen LogP contribution >= 0.6 is 0 Å². The fraction of sp³-hybridized carbons (Fsp3) is 0.520. The van der Waals surface area contributed by atoms with Crippen molar-refractivity contribution >= 4 is 0 Å². The number of rotatable bonds is 9. The lowest BCUT2D eigenvalue weighted by Gasteiger charge is -2.31. The quantitative estimate of drug-likeness (QED) is 0.542. The number of aromatic amines is 1. The van der Waals surface area contributed by atoms with Gasteiger partial charge in [0.25, 0.3) is 0 Å². The molecule has 1 aliphatic rings. The molecular formula is C25H35N5O2. The summed E-state index contributed by atoms with van der Waals surface area (Å²) in [7, 11) is 0. The number of hydrogen-bond donors (Lipinski definition) is 1. The van der Waals surface area contributed by atoms with Crippen molar-refractivity contribution in [2.75, 3.05) is 26.3 Å². The number of aromatic nitrogens is 4. The molecule has 1 N–H and O–H groups in total. The molecule has 1 saturated heterocycles. The standard InChI is InChI=1S/C25H35N5O2/c1-5-30-16-21(19(4)28-30)15-29-11-13-32-25(17-29)24-14-22(26-27-24)10-12-31-23-8-6-20(7-9-23)18(2)3/h6-9,14,16,18,25H,5,10-13,15,17H2,1-4H3,(H,26,27)/t25-/m1/s1.